The normalized spacial score (nSPS) is 11.5. The first-order valence-electron chi connectivity index (χ1n) is 8.75. The van der Waals surface area contributed by atoms with Crippen molar-refractivity contribution in [1.82, 2.24) is 9.55 Å². The molecule has 1 heterocycles. The van der Waals surface area contributed by atoms with E-state index in [4.69, 9.17) is 9.47 Å². The fourth-order valence-electron chi connectivity index (χ4n) is 2.43. The zero-order valence-electron chi connectivity index (χ0n) is 15.8. The maximum atomic E-state index is 12.3. The Morgan fingerprint density at radius 3 is 2.62 bits per heavy atom. The average molecular weight is 378 g/mol. The number of aromatic nitrogens is 2. The lowest BCUT2D eigenvalue weighted by molar-refractivity contribution is -0.155. The zero-order valence-corrected chi connectivity index (χ0v) is 16.6. The van der Waals surface area contributed by atoms with Gasteiger partial charge in [-0.1, -0.05) is 23.9 Å². The van der Waals surface area contributed by atoms with Gasteiger partial charge in [0.1, 0.15) is 12.1 Å². The molecule has 7 heteroatoms. The van der Waals surface area contributed by atoms with Gasteiger partial charge in [-0.3, -0.25) is 9.59 Å². The lowest BCUT2D eigenvalue weighted by atomic mass is 10.2. The third kappa shape index (κ3) is 6.05. The summed E-state index contributed by atoms with van der Waals surface area (Å²) in [7, 11) is 0. The van der Waals surface area contributed by atoms with Crippen LogP contribution in [0.5, 0.6) is 0 Å². The Morgan fingerprint density at radius 2 is 1.92 bits per heavy atom. The molecule has 2 rings (SSSR count). The summed E-state index contributed by atoms with van der Waals surface area (Å²) < 4.78 is 12.2. The quantitative estimate of drug-likeness (QED) is 0.395. The SMILES string of the molecule is CCOC(=O)CCCSc1nc2ccccc2n1CC(=O)OC(C)(C)C. The Balaban J connectivity index is 2.08. The summed E-state index contributed by atoms with van der Waals surface area (Å²) in [6.45, 7) is 7.85. The molecule has 0 atom stereocenters. The van der Waals surface area contributed by atoms with Gasteiger partial charge in [-0.2, -0.15) is 0 Å². The van der Waals surface area contributed by atoms with Crippen molar-refractivity contribution >= 4 is 34.7 Å². The van der Waals surface area contributed by atoms with Gasteiger partial charge in [0.05, 0.1) is 17.6 Å². The highest BCUT2D eigenvalue weighted by Gasteiger charge is 2.19. The van der Waals surface area contributed by atoms with E-state index in [2.05, 4.69) is 4.98 Å². The minimum absolute atomic E-state index is 0.109. The molecule has 0 aliphatic carbocycles. The molecule has 0 aliphatic heterocycles. The van der Waals surface area contributed by atoms with Crippen LogP contribution >= 0.6 is 11.8 Å². The smallest absolute Gasteiger partial charge is 0.326 e. The van der Waals surface area contributed by atoms with E-state index in [1.54, 1.807) is 6.92 Å². The van der Waals surface area contributed by atoms with Crippen molar-refractivity contribution in [3.63, 3.8) is 0 Å². The third-order valence-electron chi connectivity index (χ3n) is 3.39. The van der Waals surface area contributed by atoms with E-state index in [9.17, 15) is 9.59 Å². The van der Waals surface area contributed by atoms with Gasteiger partial charge < -0.3 is 14.0 Å². The number of carbonyl (C=O) groups excluding carboxylic acids is 2. The first-order chi connectivity index (χ1) is 12.3. The molecule has 1 aromatic heterocycles. The molecule has 0 saturated heterocycles. The first kappa shape index (κ1) is 20.3. The summed E-state index contributed by atoms with van der Waals surface area (Å²) in [5, 5.41) is 0.751. The molecule has 0 amide bonds. The van der Waals surface area contributed by atoms with Crippen molar-refractivity contribution in [1.29, 1.82) is 0 Å². The topological polar surface area (TPSA) is 70.4 Å². The van der Waals surface area contributed by atoms with E-state index in [1.807, 2.05) is 49.6 Å². The second-order valence-electron chi connectivity index (χ2n) is 6.81. The second kappa shape index (κ2) is 9.07. The number of ether oxygens (including phenoxy) is 2. The van der Waals surface area contributed by atoms with Crippen LogP contribution in [0.3, 0.4) is 0 Å². The summed E-state index contributed by atoms with van der Waals surface area (Å²) in [5.41, 5.74) is 1.20. The van der Waals surface area contributed by atoms with E-state index in [1.165, 1.54) is 11.8 Å². The van der Waals surface area contributed by atoms with Crippen LogP contribution in [0.25, 0.3) is 11.0 Å². The van der Waals surface area contributed by atoms with Gasteiger partial charge in [0.15, 0.2) is 5.16 Å². The van der Waals surface area contributed by atoms with Crippen molar-refractivity contribution in [3.8, 4) is 0 Å². The fourth-order valence-corrected chi connectivity index (χ4v) is 3.39. The molecule has 0 radical (unpaired) electrons. The molecule has 1 aromatic carbocycles. The number of carbonyl (C=O) groups is 2. The Morgan fingerprint density at radius 1 is 1.19 bits per heavy atom. The monoisotopic (exact) mass is 378 g/mol. The number of hydrogen-bond acceptors (Lipinski definition) is 6. The summed E-state index contributed by atoms with van der Waals surface area (Å²) in [6.07, 6.45) is 1.08. The Hall–Kier alpha value is -2.02. The number of para-hydroxylation sites is 2. The van der Waals surface area contributed by atoms with E-state index < -0.39 is 5.60 Å². The summed E-state index contributed by atoms with van der Waals surface area (Å²) in [4.78, 5) is 28.3. The number of benzene rings is 1. The van der Waals surface area contributed by atoms with Crippen LogP contribution in [0.15, 0.2) is 29.4 Å². The number of rotatable bonds is 8. The van der Waals surface area contributed by atoms with Gasteiger partial charge in [-0.25, -0.2) is 4.98 Å². The molecule has 0 unspecified atom stereocenters. The zero-order chi connectivity index (χ0) is 19.2. The van der Waals surface area contributed by atoms with Crippen LogP contribution in [0.4, 0.5) is 0 Å². The number of thioether (sulfide) groups is 1. The van der Waals surface area contributed by atoms with Crippen molar-refractivity contribution in [2.45, 2.75) is 57.8 Å². The molecule has 0 aliphatic rings. The Labute approximate surface area is 158 Å². The highest BCUT2D eigenvalue weighted by molar-refractivity contribution is 7.99. The van der Waals surface area contributed by atoms with Gasteiger partial charge in [0.2, 0.25) is 0 Å². The van der Waals surface area contributed by atoms with Gasteiger partial charge in [0, 0.05) is 12.2 Å². The number of esters is 2. The molecule has 6 nitrogen and oxygen atoms in total. The summed E-state index contributed by atoms with van der Waals surface area (Å²) in [6, 6.07) is 7.70. The summed E-state index contributed by atoms with van der Waals surface area (Å²) in [5.74, 6) is 0.237. The van der Waals surface area contributed by atoms with Gasteiger partial charge >= 0.3 is 11.9 Å². The highest BCUT2D eigenvalue weighted by atomic mass is 32.2. The molecule has 0 fully saturated rings. The van der Waals surface area contributed by atoms with E-state index in [-0.39, 0.29) is 18.5 Å². The van der Waals surface area contributed by atoms with Gasteiger partial charge in [0.25, 0.3) is 0 Å². The van der Waals surface area contributed by atoms with Crippen LogP contribution < -0.4 is 0 Å². The average Bonchev–Trinajstić information content (AvgIpc) is 2.88. The highest BCUT2D eigenvalue weighted by Crippen LogP contribution is 2.25. The van der Waals surface area contributed by atoms with Crippen LogP contribution in [0.2, 0.25) is 0 Å². The Kier molecular flexibility index (Phi) is 7.08. The van der Waals surface area contributed by atoms with Crippen LogP contribution in [-0.2, 0) is 25.6 Å². The molecule has 2 aromatic rings. The number of hydrogen-bond donors (Lipinski definition) is 0. The van der Waals surface area contributed by atoms with E-state index >= 15 is 0 Å². The maximum Gasteiger partial charge on any atom is 0.326 e. The Bertz CT molecular complexity index is 764. The number of nitrogens with zero attached hydrogens (tertiary/aromatic N) is 2. The molecular formula is C19H26N2O4S. The lowest BCUT2D eigenvalue weighted by Crippen LogP contribution is -2.26. The van der Waals surface area contributed by atoms with Gasteiger partial charge in [-0.05, 0) is 46.2 Å². The van der Waals surface area contributed by atoms with Crippen molar-refractivity contribution in [3.05, 3.63) is 24.3 Å². The second-order valence-corrected chi connectivity index (χ2v) is 7.87. The standard InChI is InChI=1S/C19H26N2O4S/c1-5-24-16(22)11-8-12-26-18-20-14-9-6-7-10-15(14)21(18)13-17(23)25-19(2,3)4/h6-7,9-10H,5,8,11-13H2,1-4H3. The van der Waals surface area contributed by atoms with Crippen molar-refractivity contribution in [2.24, 2.45) is 0 Å². The number of fused-ring (bicyclic) bond motifs is 1. The maximum absolute atomic E-state index is 12.3. The molecule has 0 spiro atoms. The minimum atomic E-state index is -0.527. The third-order valence-corrected chi connectivity index (χ3v) is 4.45. The van der Waals surface area contributed by atoms with Crippen molar-refractivity contribution < 1.29 is 19.1 Å². The van der Waals surface area contributed by atoms with E-state index in [0.29, 0.717) is 19.4 Å². The first-order valence-corrected chi connectivity index (χ1v) is 9.74. The van der Waals surface area contributed by atoms with Crippen LogP contribution in [0, 0.1) is 0 Å². The lowest BCUT2D eigenvalue weighted by Gasteiger charge is -2.20. The summed E-state index contributed by atoms with van der Waals surface area (Å²) >= 11 is 1.53. The molecule has 26 heavy (non-hydrogen) atoms. The molecule has 0 N–H and O–H groups in total. The van der Waals surface area contributed by atoms with E-state index in [0.717, 1.165) is 21.9 Å². The molecule has 0 saturated carbocycles. The molecule has 142 valence electrons. The van der Waals surface area contributed by atoms with Crippen LogP contribution in [-0.4, -0.2) is 39.5 Å². The predicted octanol–water partition coefficient (Wildman–Crippen LogP) is 3.81. The molecule has 0 bridgehead atoms. The number of imidazole rings is 1. The largest absolute Gasteiger partial charge is 0.466 e. The minimum Gasteiger partial charge on any atom is -0.466 e. The predicted molar refractivity (Wildman–Crippen MR) is 102 cm³/mol. The fraction of sp³-hybridized carbons (Fsp3) is 0.526. The van der Waals surface area contributed by atoms with Gasteiger partial charge in [-0.15, -0.1) is 0 Å². The van der Waals surface area contributed by atoms with Crippen LogP contribution in [0.1, 0.15) is 40.5 Å². The molecular weight excluding hydrogens is 352 g/mol. The van der Waals surface area contributed by atoms with Crippen molar-refractivity contribution in [2.75, 3.05) is 12.4 Å².